The van der Waals surface area contributed by atoms with E-state index in [2.05, 4.69) is 10.3 Å². The smallest absolute Gasteiger partial charge is 0.413 e. The van der Waals surface area contributed by atoms with Gasteiger partial charge in [0.25, 0.3) is 0 Å². The topological polar surface area (TPSA) is 80.8 Å². The molecule has 2 aromatic carbocycles. The summed E-state index contributed by atoms with van der Waals surface area (Å²) in [6.45, 7) is 2.38. The fourth-order valence-corrected chi connectivity index (χ4v) is 3.47. The average Bonchev–Trinajstić information content (AvgIpc) is 3.20. The lowest BCUT2D eigenvalue weighted by Gasteiger charge is -2.16. The minimum absolute atomic E-state index is 0.155. The molecule has 0 aliphatic heterocycles. The lowest BCUT2D eigenvalue weighted by atomic mass is 10.2. The molecule has 0 radical (unpaired) electrons. The van der Waals surface area contributed by atoms with Crippen molar-refractivity contribution in [1.82, 2.24) is 4.98 Å². The van der Waals surface area contributed by atoms with E-state index in [1.807, 2.05) is 5.38 Å². The number of thiazole rings is 1. The van der Waals surface area contributed by atoms with Gasteiger partial charge in [-0.2, -0.15) is 0 Å². The average molecular weight is 460 g/mol. The van der Waals surface area contributed by atoms with E-state index < -0.39 is 6.09 Å². The largest absolute Gasteiger partial charge is 0.486 e. The Balaban J connectivity index is 1.49. The number of ether oxygens (including phenoxy) is 2. The highest BCUT2D eigenvalue weighted by atomic mass is 35.5. The predicted octanol–water partition coefficient (Wildman–Crippen LogP) is 5.15. The monoisotopic (exact) mass is 459 g/mol. The van der Waals surface area contributed by atoms with Crippen molar-refractivity contribution in [3.63, 3.8) is 0 Å². The minimum Gasteiger partial charge on any atom is -0.486 e. The second kappa shape index (κ2) is 10.8. The molecule has 1 heterocycles. The molecule has 7 nitrogen and oxygen atoms in total. The number of nitrogens with one attached hydrogen (secondary N) is 1. The van der Waals surface area contributed by atoms with Gasteiger partial charge in [0, 0.05) is 28.8 Å². The summed E-state index contributed by atoms with van der Waals surface area (Å²) in [7, 11) is 1.63. The lowest BCUT2D eigenvalue weighted by molar-refractivity contribution is -0.115. The van der Waals surface area contributed by atoms with Crippen LogP contribution < -0.4 is 15.0 Å². The van der Waals surface area contributed by atoms with Crippen LogP contribution in [-0.4, -0.2) is 30.6 Å². The zero-order chi connectivity index (χ0) is 22.2. The van der Waals surface area contributed by atoms with Crippen LogP contribution in [-0.2, 0) is 22.6 Å². The summed E-state index contributed by atoms with van der Waals surface area (Å²) in [6.07, 6.45) is -0.277. The molecule has 3 rings (SSSR count). The number of benzene rings is 2. The Hall–Kier alpha value is -3.10. The number of nitrogens with zero attached hydrogens (tertiary/aromatic N) is 2. The molecule has 0 unspecified atom stereocenters. The number of anilines is 2. The summed E-state index contributed by atoms with van der Waals surface area (Å²) in [5.74, 6) is 0.526. The fraction of sp³-hybridized carbons (Fsp3) is 0.227. The van der Waals surface area contributed by atoms with Crippen molar-refractivity contribution in [1.29, 1.82) is 0 Å². The summed E-state index contributed by atoms with van der Waals surface area (Å²) in [4.78, 5) is 30.0. The summed E-state index contributed by atoms with van der Waals surface area (Å²) in [6, 6.07) is 14.0. The van der Waals surface area contributed by atoms with Crippen LogP contribution in [0.3, 0.4) is 0 Å². The van der Waals surface area contributed by atoms with E-state index in [-0.39, 0.29) is 12.3 Å². The number of carbonyl (C=O) groups is 2. The van der Waals surface area contributed by atoms with Gasteiger partial charge in [-0.05, 0) is 55.5 Å². The van der Waals surface area contributed by atoms with E-state index in [9.17, 15) is 9.59 Å². The molecule has 0 aliphatic rings. The highest BCUT2D eigenvalue weighted by Gasteiger charge is 2.12. The van der Waals surface area contributed by atoms with Gasteiger partial charge >= 0.3 is 6.09 Å². The summed E-state index contributed by atoms with van der Waals surface area (Å²) < 4.78 is 10.6. The first-order valence-corrected chi connectivity index (χ1v) is 10.8. The molecule has 0 saturated heterocycles. The van der Waals surface area contributed by atoms with E-state index in [0.29, 0.717) is 41.1 Å². The molecule has 1 N–H and O–H groups in total. The number of hydrogen-bond donors (Lipinski definition) is 1. The summed E-state index contributed by atoms with van der Waals surface area (Å²) in [5, 5.41) is 6.11. The van der Waals surface area contributed by atoms with Crippen molar-refractivity contribution in [2.45, 2.75) is 20.0 Å². The predicted molar refractivity (Wildman–Crippen MR) is 122 cm³/mol. The van der Waals surface area contributed by atoms with E-state index in [1.54, 1.807) is 62.5 Å². The second-order valence-corrected chi connectivity index (χ2v) is 7.88. The Bertz CT molecular complexity index is 1020. The maximum absolute atomic E-state index is 12.3. The molecular formula is C22H22ClN3O4S. The molecule has 2 amide bonds. The first kappa shape index (κ1) is 22.6. The third-order valence-corrected chi connectivity index (χ3v) is 5.32. The van der Waals surface area contributed by atoms with Crippen LogP contribution in [0.1, 0.15) is 17.6 Å². The number of aromatic nitrogens is 1. The van der Waals surface area contributed by atoms with Crippen molar-refractivity contribution >= 4 is 46.3 Å². The highest BCUT2D eigenvalue weighted by molar-refractivity contribution is 7.09. The molecule has 0 spiro atoms. The van der Waals surface area contributed by atoms with Gasteiger partial charge in [-0.3, -0.25) is 9.69 Å². The van der Waals surface area contributed by atoms with Crippen LogP contribution in [0.5, 0.6) is 5.75 Å². The maximum Gasteiger partial charge on any atom is 0.413 e. The van der Waals surface area contributed by atoms with Crippen LogP contribution in [0.25, 0.3) is 0 Å². The third kappa shape index (κ3) is 6.70. The highest BCUT2D eigenvalue weighted by Crippen LogP contribution is 2.20. The van der Waals surface area contributed by atoms with Gasteiger partial charge in [0.05, 0.1) is 18.7 Å². The molecule has 0 fully saturated rings. The lowest BCUT2D eigenvalue weighted by Crippen LogP contribution is -2.26. The quantitative estimate of drug-likeness (QED) is 0.503. The Morgan fingerprint density at radius 3 is 2.52 bits per heavy atom. The van der Waals surface area contributed by atoms with Crippen LogP contribution in [0.15, 0.2) is 53.9 Å². The Morgan fingerprint density at radius 2 is 1.84 bits per heavy atom. The molecule has 162 valence electrons. The standard InChI is InChI=1S/C22H22ClN3O4S/c1-3-29-22(28)26(2)18-8-6-16(7-9-18)24-20(27)12-17-14-31-21(25-17)13-30-19-10-4-15(23)5-11-19/h4-11,14H,3,12-13H2,1-2H3,(H,24,27). The van der Waals surface area contributed by atoms with Crippen LogP contribution >= 0.6 is 22.9 Å². The Kier molecular flexibility index (Phi) is 7.86. The van der Waals surface area contributed by atoms with Gasteiger partial charge in [0.1, 0.15) is 17.4 Å². The summed E-state index contributed by atoms with van der Waals surface area (Å²) >= 11 is 7.30. The number of halogens is 1. The van der Waals surface area contributed by atoms with Gasteiger partial charge in [-0.25, -0.2) is 9.78 Å². The van der Waals surface area contributed by atoms with Crippen molar-refractivity contribution in [3.8, 4) is 5.75 Å². The van der Waals surface area contributed by atoms with Gasteiger partial charge in [0.2, 0.25) is 5.91 Å². The Labute approximate surface area is 189 Å². The van der Waals surface area contributed by atoms with E-state index >= 15 is 0 Å². The molecule has 0 saturated carbocycles. The molecule has 9 heteroatoms. The number of rotatable bonds is 8. The van der Waals surface area contributed by atoms with Crippen molar-refractivity contribution in [3.05, 3.63) is 69.6 Å². The van der Waals surface area contributed by atoms with E-state index in [1.165, 1.54) is 16.2 Å². The zero-order valence-electron chi connectivity index (χ0n) is 17.1. The molecule has 0 atom stereocenters. The Morgan fingerprint density at radius 1 is 1.13 bits per heavy atom. The second-order valence-electron chi connectivity index (χ2n) is 6.50. The number of hydrogen-bond acceptors (Lipinski definition) is 6. The SMILES string of the molecule is CCOC(=O)N(C)c1ccc(NC(=O)Cc2csc(COc3ccc(Cl)cc3)n2)cc1. The van der Waals surface area contributed by atoms with Crippen molar-refractivity contribution in [2.75, 3.05) is 23.9 Å². The van der Waals surface area contributed by atoms with Crippen molar-refractivity contribution in [2.24, 2.45) is 0 Å². The van der Waals surface area contributed by atoms with Crippen molar-refractivity contribution < 1.29 is 19.1 Å². The fourth-order valence-electron chi connectivity index (χ4n) is 2.64. The normalized spacial score (nSPS) is 10.4. The first-order valence-electron chi connectivity index (χ1n) is 9.56. The van der Waals surface area contributed by atoms with E-state index in [0.717, 1.165) is 5.01 Å². The summed E-state index contributed by atoms with van der Waals surface area (Å²) in [5.41, 5.74) is 1.98. The van der Waals surface area contributed by atoms with Crippen LogP contribution in [0, 0.1) is 0 Å². The molecule has 0 aliphatic carbocycles. The van der Waals surface area contributed by atoms with Crippen LogP contribution in [0.2, 0.25) is 5.02 Å². The van der Waals surface area contributed by atoms with Crippen LogP contribution in [0.4, 0.5) is 16.2 Å². The van der Waals surface area contributed by atoms with E-state index in [4.69, 9.17) is 21.1 Å². The zero-order valence-corrected chi connectivity index (χ0v) is 18.7. The molecule has 0 bridgehead atoms. The molecule has 1 aromatic heterocycles. The first-order chi connectivity index (χ1) is 14.9. The number of carbonyl (C=O) groups excluding carboxylic acids is 2. The molecule has 31 heavy (non-hydrogen) atoms. The van der Waals surface area contributed by atoms with Gasteiger partial charge < -0.3 is 14.8 Å². The van der Waals surface area contributed by atoms with Gasteiger partial charge in [-0.1, -0.05) is 11.6 Å². The molecule has 3 aromatic rings. The molecular weight excluding hydrogens is 438 g/mol. The number of amides is 2. The van der Waals surface area contributed by atoms with Gasteiger partial charge in [-0.15, -0.1) is 11.3 Å². The third-order valence-electron chi connectivity index (χ3n) is 4.20. The minimum atomic E-state index is -0.432. The van der Waals surface area contributed by atoms with Gasteiger partial charge in [0.15, 0.2) is 0 Å². The maximum atomic E-state index is 12.3.